The largest absolute Gasteiger partial charge is 0.470 e. The van der Waals surface area contributed by atoms with Crippen molar-refractivity contribution in [1.29, 1.82) is 0 Å². The highest BCUT2D eigenvalue weighted by atomic mass is 35.5. The minimum absolute atomic E-state index is 0.180. The molecule has 0 aromatic carbocycles. The second-order valence-corrected chi connectivity index (χ2v) is 15.2. The Bertz CT molecular complexity index is 1420. The number of alkyl halides is 1. The van der Waals surface area contributed by atoms with Crippen molar-refractivity contribution in [3.63, 3.8) is 0 Å². The number of phosphoric ester groups is 4. The molecule has 0 aromatic rings. The van der Waals surface area contributed by atoms with Crippen LogP contribution in [-0.2, 0) is 74.5 Å². The highest BCUT2D eigenvalue weighted by molar-refractivity contribution is 7.47. The first-order chi connectivity index (χ1) is 24.6. The Kier molecular flexibility index (Phi) is 32.1. The maximum Gasteiger partial charge on any atom is 0.470 e. The van der Waals surface area contributed by atoms with Crippen molar-refractivity contribution in [2.75, 3.05) is 45.5 Å². The number of ether oxygens (including phenoxy) is 4. The number of rotatable bonds is 21. The van der Waals surface area contributed by atoms with E-state index in [1.54, 1.807) is 0 Å². The summed E-state index contributed by atoms with van der Waals surface area (Å²) in [6.07, 6.45) is -1.91. The zero-order chi connectivity index (χ0) is 44.4. The third kappa shape index (κ3) is 47.6. The molecule has 55 heavy (non-hydrogen) atoms. The van der Waals surface area contributed by atoms with Gasteiger partial charge in [0.2, 0.25) is 0 Å². The monoisotopic (exact) mass is 902 g/mol. The molecule has 0 heterocycles. The quantitative estimate of drug-likeness (QED) is 0.0203. The van der Waals surface area contributed by atoms with Gasteiger partial charge in [0.15, 0.2) is 0 Å². The first kappa shape index (κ1) is 59.3. The van der Waals surface area contributed by atoms with Gasteiger partial charge in [-0.25, -0.2) is 37.4 Å². The fraction of sp³-hybridized carbons (Fsp3) is 0.538. The van der Waals surface area contributed by atoms with E-state index in [1.807, 2.05) is 0 Å². The Balaban J connectivity index is -0.000000316. The molecule has 0 aliphatic heterocycles. The molecule has 0 saturated heterocycles. The summed E-state index contributed by atoms with van der Waals surface area (Å²) in [5, 5.41) is 0. The number of hydrogen-bond acceptors (Lipinski definition) is 16. The second kappa shape index (κ2) is 29.8. The lowest BCUT2D eigenvalue weighted by Crippen LogP contribution is -2.23. The van der Waals surface area contributed by atoms with Crippen LogP contribution in [0.25, 0.3) is 0 Å². The Morgan fingerprint density at radius 3 is 1.05 bits per heavy atom. The van der Waals surface area contributed by atoms with Crippen molar-refractivity contribution < 1.29 is 114 Å². The van der Waals surface area contributed by atoms with Crippen LogP contribution in [0.15, 0.2) is 48.6 Å². The van der Waals surface area contributed by atoms with E-state index in [0.29, 0.717) is 0 Å². The van der Waals surface area contributed by atoms with Crippen LogP contribution in [0.3, 0.4) is 0 Å². The highest BCUT2D eigenvalue weighted by Gasteiger charge is 2.23. The van der Waals surface area contributed by atoms with Gasteiger partial charge < -0.3 is 58.1 Å². The minimum Gasteiger partial charge on any atom is -0.460 e. The Hall–Kier alpha value is -2.43. The van der Waals surface area contributed by atoms with E-state index in [0.717, 1.165) is 0 Å². The fourth-order valence-corrected chi connectivity index (χ4v) is 3.92. The molecular formula is C26H47ClO24P4. The molecule has 322 valence electrons. The summed E-state index contributed by atoms with van der Waals surface area (Å²) >= 11 is 5.35. The van der Waals surface area contributed by atoms with E-state index < -0.39 is 67.4 Å². The van der Waals surface area contributed by atoms with Crippen molar-refractivity contribution in [2.24, 2.45) is 0 Å². The van der Waals surface area contributed by atoms with E-state index in [1.165, 1.54) is 34.6 Å². The topological polar surface area (TPSA) is 372 Å². The van der Waals surface area contributed by atoms with Crippen LogP contribution < -0.4 is 0 Å². The van der Waals surface area contributed by atoms with Crippen molar-refractivity contribution in [2.45, 2.75) is 46.8 Å². The summed E-state index contributed by atoms with van der Waals surface area (Å²) < 4.78 is 75.7. The zero-order valence-electron chi connectivity index (χ0n) is 30.2. The van der Waals surface area contributed by atoms with Gasteiger partial charge in [-0.3, -0.25) is 18.1 Å². The van der Waals surface area contributed by atoms with E-state index in [9.17, 15) is 37.4 Å². The van der Waals surface area contributed by atoms with Gasteiger partial charge in [-0.1, -0.05) is 26.3 Å². The molecule has 0 rings (SSSR count). The molecule has 0 amide bonds. The summed E-state index contributed by atoms with van der Waals surface area (Å²) in [4.78, 5) is 110. The van der Waals surface area contributed by atoms with Gasteiger partial charge in [-0.2, -0.15) is 0 Å². The van der Waals surface area contributed by atoms with Crippen LogP contribution in [0.5, 0.6) is 0 Å². The first-order valence-corrected chi connectivity index (χ1v) is 21.0. The van der Waals surface area contributed by atoms with Crippen molar-refractivity contribution in [3.8, 4) is 0 Å². The minimum atomic E-state index is -4.62. The molecule has 8 N–H and O–H groups in total. The number of phosphoric acid groups is 4. The molecule has 0 aliphatic rings. The Morgan fingerprint density at radius 1 is 0.509 bits per heavy atom. The van der Waals surface area contributed by atoms with Gasteiger partial charge in [0.05, 0.1) is 19.1 Å². The lowest BCUT2D eigenvalue weighted by atomic mass is 10.3. The van der Waals surface area contributed by atoms with Crippen LogP contribution in [-0.4, -0.2) is 121 Å². The maximum atomic E-state index is 10.9. The number of halogens is 1. The summed E-state index contributed by atoms with van der Waals surface area (Å²) in [7, 11) is -18.1. The zero-order valence-corrected chi connectivity index (χ0v) is 34.5. The summed E-state index contributed by atoms with van der Waals surface area (Å²) in [6.45, 7) is 18.9. The van der Waals surface area contributed by atoms with Crippen molar-refractivity contribution in [1.82, 2.24) is 0 Å². The summed E-state index contributed by atoms with van der Waals surface area (Å²) in [5.74, 6) is -2.72. The first-order valence-electron chi connectivity index (χ1n) is 14.4. The van der Waals surface area contributed by atoms with Crippen LogP contribution >= 0.6 is 42.9 Å². The molecular weight excluding hydrogens is 856 g/mol. The lowest BCUT2D eigenvalue weighted by molar-refractivity contribution is -0.142. The molecule has 2 atom stereocenters. The third-order valence-electron chi connectivity index (χ3n) is 4.17. The smallest absolute Gasteiger partial charge is 0.460 e. The number of hydrogen-bond donors (Lipinski definition) is 8. The van der Waals surface area contributed by atoms with Gasteiger partial charge in [-0.15, -0.1) is 11.6 Å². The number of carbonyl (C=O) groups excluding carboxylic acids is 4. The van der Waals surface area contributed by atoms with Crippen molar-refractivity contribution >= 4 is 66.8 Å². The molecule has 0 bridgehead atoms. The van der Waals surface area contributed by atoms with Crippen LogP contribution in [0.2, 0.25) is 0 Å². The van der Waals surface area contributed by atoms with E-state index >= 15 is 0 Å². The van der Waals surface area contributed by atoms with Gasteiger partial charge >= 0.3 is 55.2 Å². The van der Waals surface area contributed by atoms with Crippen LogP contribution in [0.4, 0.5) is 0 Å². The second-order valence-electron chi connectivity index (χ2n) is 10.0. The van der Waals surface area contributed by atoms with Gasteiger partial charge in [0.25, 0.3) is 0 Å². The lowest BCUT2D eigenvalue weighted by Gasteiger charge is -2.15. The molecule has 24 nitrogen and oxygen atoms in total. The Morgan fingerprint density at radius 2 is 0.800 bits per heavy atom. The molecule has 2 unspecified atom stereocenters. The molecule has 0 saturated carbocycles. The van der Waals surface area contributed by atoms with Gasteiger partial charge in [0, 0.05) is 22.3 Å². The van der Waals surface area contributed by atoms with Crippen molar-refractivity contribution in [3.05, 3.63) is 48.6 Å². The average molecular weight is 903 g/mol. The molecule has 0 aliphatic carbocycles. The van der Waals surface area contributed by atoms with Gasteiger partial charge in [-0.05, 0) is 34.6 Å². The predicted molar refractivity (Wildman–Crippen MR) is 189 cm³/mol. The van der Waals surface area contributed by atoms with E-state index in [-0.39, 0.29) is 67.8 Å². The standard InChI is InChI=1S/C7H12ClO6P.C7H13O6P.2C6H11O6P/c1-5(2)7(9)13-4-6(3-8)14-15(10,11)12;1-5(2)7(8)12-4-6(3)13-14(9,10)11;2*1-5(2)6(7)11-3-4-12-13(8,9)10/h6H,1,3-4H2,2H3,(H2,10,11,12);6H,1,4H2,2-3H3,(H2,9,10,11);2*1,3-4H2,2H3,(H2,8,9,10). The SMILES string of the molecule is C=C(C)C(=O)OCC(C)OP(=O)(O)O.C=C(C)C(=O)OCC(CCl)OP(=O)(O)O.C=C(C)C(=O)OCCOP(=O)(O)O.C=C(C)C(=O)OCCOP(=O)(O)O. The summed E-state index contributed by atoms with van der Waals surface area (Å²) in [6, 6.07) is 0. The van der Waals surface area contributed by atoms with Gasteiger partial charge in [0.1, 0.15) is 38.6 Å². The molecule has 0 spiro atoms. The normalized spacial score (nSPS) is 12.3. The highest BCUT2D eigenvalue weighted by Crippen LogP contribution is 2.38. The molecule has 29 heteroatoms. The fourth-order valence-electron chi connectivity index (χ4n) is 2.00. The summed E-state index contributed by atoms with van der Waals surface area (Å²) in [5.41, 5.74) is 0.834. The van der Waals surface area contributed by atoms with Crippen LogP contribution in [0.1, 0.15) is 34.6 Å². The van der Waals surface area contributed by atoms with E-state index in [4.69, 9.17) is 50.7 Å². The maximum absolute atomic E-state index is 10.9. The molecule has 0 aromatic heterocycles. The third-order valence-corrected chi connectivity index (χ3v) is 6.76. The predicted octanol–water partition coefficient (Wildman–Crippen LogP) is 1.86. The van der Waals surface area contributed by atoms with E-state index in [2.05, 4.69) is 63.4 Å². The molecule has 0 fully saturated rings. The molecule has 0 radical (unpaired) electrons. The average Bonchev–Trinajstić information content (AvgIpc) is 3.00. The van der Waals surface area contributed by atoms with Crippen LogP contribution in [0, 0.1) is 0 Å². The number of carbonyl (C=O) groups is 4. The number of esters is 4. The Labute approximate surface area is 321 Å².